The van der Waals surface area contributed by atoms with E-state index >= 15 is 0 Å². The predicted molar refractivity (Wildman–Crippen MR) is 32.8 cm³/mol. The Labute approximate surface area is 49.4 Å². The summed E-state index contributed by atoms with van der Waals surface area (Å²) in [6.07, 6.45) is 0. The summed E-state index contributed by atoms with van der Waals surface area (Å²) in [4.78, 5) is 0. The molecule has 0 aliphatic heterocycles. The van der Waals surface area contributed by atoms with Gasteiger partial charge in [-0.3, -0.25) is 0 Å². The normalized spacial score (nSPS) is 6.00. The third-order valence-corrected chi connectivity index (χ3v) is 0. The van der Waals surface area contributed by atoms with Crippen molar-refractivity contribution in [2.24, 2.45) is 0 Å². The molecule has 0 saturated heterocycles. The maximum absolute atomic E-state index is 5.00. The van der Waals surface area contributed by atoms with E-state index in [1.54, 1.807) is 0 Å². The Hall–Kier alpha value is 0.580. The van der Waals surface area contributed by atoms with Crippen LogP contribution in [0, 0.1) is 0 Å². The first kappa shape index (κ1) is 9.77. The topological polar surface area (TPSA) is 0 Å². The average Bonchev–Trinajstić information content (AvgIpc) is 1.39. The van der Waals surface area contributed by atoms with Gasteiger partial charge in [-0.15, -0.1) is 23.2 Å². The highest BCUT2D eigenvalue weighted by molar-refractivity contribution is 6.17. The summed E-state index contributed by atoms with van der Waals surface area (Å²) in [5, 5.41) is 0. The SMILES string of the molecule is CCCl.CCCl. The minimum atomic E-state index is 0.722. The van der Waals surface area contributed by atoms with E-state index < -0.39 is 0 Å². The third-order valence-electron chi connectivity index (χ3n) is 0. The number of alkyl halides is 2. The standard InChI is InChI=1S/2C2H5Cl/c2*1-2-3/h2*2H2,1H3. The lowest BCUT2D eigenvalue weighted by atomic mass is 11.0. The minimum absolute atomic E-state index is 0.722. The van der Waals surface area contributed by atoms with Crippen LogP contribution in [0.4, 0.5) is 0 Å². The minimum Gasteiger partial charge on any atom is -0.127 e. The van der Waals surface area contributed by atoms with Crippen molar-refractivity contribution in [2.45, 2.75) is 13.8 Å². The van der Waals surface area contributed by atoms with Gasteiger partial charge in [0, 0.05) is 11.8 Å². The Morgan fingerprint density at radius 1 is 1.00 bits per heavy atom. The zero-order valence-electron chi connectivity index (χ0n) is 4.17. The quantitative estimate of drug-likeness (QED) is 0.441. The number of hydrogen-bond donors (Lipinski definition) is 0. The lowest BCUT2D eigenvalue weighted by molar-refractivity contribution is 1.51. The fourth-order valence-electron chi connectivity index (χ4n) is 0. The van der Waals surface area contributed by atoms with Crippen LogP contribution in [0.25, 0.3) is 0 Å². The van der Waals surface area contributed by atoms with Gasteiger partial charge < -0.3 is 0 Å². The van der Waals surface area contributed by atoms with Crippen molar-refractivity contribution in [3.63, 3.8) is 0 Å². The molecule has 0 bridgehead atoms. The van der Waals surface area contributed by atoms with Gasteiger partial charge in [-0.1, -0.05) is 13.8 Å². The second-order valence-corrected chi connectivity index (χ2v) is 1.60. The molecule has 0 spiro atoms. The number of halogens is 2. The van der Waals surface area contributed by atoms with E-state index in [0.29, 0.717) is 0 Å². The smallest absolute Gasteiger partial charge is 0.0195 e. The molecule has 6 heavy (non-hydrogen) atoms. The zero-order chi connectivity index (χ0) is 5.41. The molecule has 0 atom stereocenters. The van der Waals surface area contributed by atoms with Gasteiger partial charge in [-0.05, 0) is 0 Å². The summed E-state index contributed by atoms with van der Waals surface area (Å²) in [7, 11) is 0. The van der Waals surface area contributed by atoms with E-state index in [4.69, 9.17) is 23.2 Å². The first-order valence-electron chi connectivity index (χ1n) is 1.95. The van der Waals surface area contributed by atoms with Gasteiger partial charge in [0.05, 0.1) is 0 Å². The van der Waals surface area contributed by atoms with Crippen molar-refractivity contribution in [1.29, 1.82) is 0 Å². The summed E-state index contributed by atoms with van der Waals surface area (Å²) in [5.41, 5.74) is 0. The molecule has 0 aromatic heterocycles. The van der Waals surface area contributed by atoms with Crippen LogP contribution in [0.5, 0.6) is 0 Å². The van der Waals surface area contributed by atoms with E-state index in [2.05, 4.69) is 0 Å². The van der Waals surface area contributed by atoms with E-state index in [9.17, 15) is 0 Å². The summed E-state index contributed by atoms with van der Waals surface area (Å²) < 4.78 is 0. The molecular weight excluding hydrogens is 119 g/mol. The molecule has 0 rings (SSSR count). The van der Waals surface area contributed by atoms with Crippen LogP contribution in [-0.4, -0.2) is 11.8 Å². The second-order valence-electron chi connectivity index (χ2n) is 0.535. The van der Waals surface area contributed by atoms with Crippen LogP contribution in [0.15, 0.2) is 0 Å². The zero-order valence-corrected chi connectivity index (χ0v) is 5.68. The Balaban J connectivity index is 0. The molecule has 0 N–H and O–H groups in total. The molecular formula is C4H10Cl2. The van der Waals surface area contributed by atoms with E-state index in [0.717, 1.165) is 11.8 Å². The molecule has 0 unspecified atom stereocenters. The van der Waals surface area contributed by atoms with Gasteiger partial charge in [0.15, 0.2) is 0 Å². The predicted octanol–water partition coefficient (Wildman–Crippen LogP) is 2.49. The van der Waals surface area contributed by atoms with Crippen molar-refractivity contribution in [3.05, 3.63) is 0 Å². The van der Waals surface area contributed by atoms with E-state index in [1.807, 2.05) is 13.8 Å². The molecule has 2 heteroatoms. The Kier molecular flexibility index (Phi) is 28.6. The van der Waals surface area contributed by atoms with Crippen LogP contribution in [0.1, 0.15) is 13.8 Å². The van der Waals surface area contributed by atoms with Crippen molar-refractivity contribution in [1.82, 2.24) is 0 Å². The van der Waals surface area contributed by atoms with E-state index in [1.165, 1.54) is 0 Å². The molecule has 0 heterocycles. The molecule has 0 saturated carbocycles. The molecule has 0 aromatic carbocycles. The summed E-state index contributed by atoms with van der Waals surface area (Å²) >= 11 is 10.00. The second kappa shape index (κ2) is 17.6. The molecule has 0 fully saturated rings. The maximum atomic E-state index is 5.00. The average molecular weight is 129 g/mol. The Morgan fingerprint density at radius 2 is 1.00 bits per heavy atom. The van der Waals surface area contributed by atoms with Crippen molar-refractivity contribution in [3.8, 4) is 0 Å². The van der Waals surface area contributed by atoms with Crippen LogP contribution in [0.3, 0.4) is 0 Å². The molecule has 0 radical (unpaired) electrons. The van der Waals surface area contributed by atoms with Crippen LogP contribution in [-0.2, 0) is 0 Å². The van der Waals surface area contributed by atoms with Crippen molar-refractivity contribution in [2.75, 3.05) is 11.8 Å². The summed E-state index contributed by atoms with van der Waals surface area (Å²) in [5.74, 6) is 1.44. The van der Waals surface area contributed by atoms with Crippen LogP contribution >= 0.6 is 23.2 Å². The van der Waals surface area contributed by atoms with Gasteiger partial charge in [0.2, 0.25) is 0 Å². The van der Waals surface area contributed by atoms with Crippen LogP contribution < -0.4 is 0 Å². The van der Waals surface area contributed by atoms with Crippen molar-refractivity contribution >= 4 is 23.2 Å². The summed E-state index contributed by atoms with van der Waals surface area (Å²) in [6, 6.07) is 0. The number of hydrogen-bond acceptors (Lipinski definition) is 0. The lowest BCUT2D eigenvalue weighted by Crippen LogP contribution is -1.36. The fraction of sp³-hybridized carbons (Fsp3) is 1.00. The largest absolute Gasteiger partial charge is 0.127 e. The fourth-order valence-corrected chi connectivity index (χ4v) is 0. The van der Waals surface area contributed by atoms with Gasteiger partial charge >= 0.3 is 0 Å². The van der Waals surface area contributed by atoms with Gasteiger partial charge in [-0.25, -0.2) is 0 Å². The lowest BCUT2D eigenvalue weighted by Gasteiger charge is -1.45. The monoisotopic (exact) mass is 128 g/mol. The Bertz CT molecular complexity index is 7.51. The third kappa shape index (κ3) is 174. The summed E-state index contributed by atoms with van der Waals surface area (Å²) in [6.45, 7) is 3.78. The molecule has 0 aliphatic carbocycles. The molecule has 0 nitrogen and oxygen atoms in total. The van der Waals surface area contributed by atoms with Gasteiger partial charge in [-0.2, -0.15) is 0 Å². The van der Waals surface area contributed by atoms with Crippen molar-refractivity contribution < 1.29 is 0 Å². The first-order valence-corrected chi connectivity index (χ1v) is 3.02. The Morgan fingerprint density at radius 3 is 1.00 bits per heavy atom. The highest BCUT2D eigenvalue weighted by Gasteiger charge is 1.38. The highest BCUT2D eigenvalue weighted by atomic mass is 35.5. The van der Waals surface area contributed by atoms with Gasteiger partial charge in [0.1, 0.15) is 0 Å². The molecule has 0 aromatic rings. The highest BCUT2D eigenvalue weighted by Crippen LogP contribution is 1.60. The molecule has 0 aliphatic rings. The molecule has 40 valence electrons. The van der Waals surface area contributed by atoms with E-state index in [-0.39, 0.29) is 0 Å². The van der Waals surface area contributed by atoms with Gasteiger partial charge in [0.25, 0.3) is 0 Å². The number of rotatable bonds is 0. The maximum Gasteiger partial charge on any atom is 0.0195 e. The first-order chi connectivity index (χ1) is 2.83. The van der Waals surface area contributed by atoms with Crippen LogP contribution in [0.2, 0.25) is 0 Å². The molecule has 0 amide bonds.